The molecule has 0 heterocycles. The molecule has 0 atom stereocenters. The number of nitrogens with one attached hydrogen (secondary N) is 2. The molecule has 0 aromatic heterocycles. The van der Waals surface area contributed by atoms with E-state index in [1.54, 1.807) is 0 Å². The Morgan fingerprint density at radius 3 is 1.82 bits per heavy atom. The summed E-state index contributed by atoms with van der Waals surface area (Å²) in [6, 6.07) is 3.25. The number of benzene rings is 2. The SMILES string of the molecule is O=S(=O)(NCCCNCc1ccc(Cl)c(C(F)(F)F)c1)c1cc(C(F)(F)F)cc(C(F)(F)F)c1. The number of halogens is 10. The molecule has 2 rings (SSSR count). The highest BCUT2D eigenvalue weighted by Gasteiger charge is 2.38. The first-order chi connectivity index (χ1) is 15.4. The highest BCUT2D eigenvalue weighted by Crippen LogP contribution is 2.37. The van der Waals surface area contributed by atoms with Crippen molar-refractivity contribution in [2.24, 2.45) is 0 Å². The van der Waals surface area contributed by atoms with E-state index in [0.29, 0.717) is 0 Å². The second kappa shape index (κ2) is 10.3. The first-order valence-electron chi connectivity index (χ1n) is 9.27. The summed E-state index contributed by atoms with van der Waals surface area (Å²) in [6.07, 6.45) is -15.0. The van der Waals surface area contributed by atoms with Crippen LogP contribution in [0.3, 0.4) is 0 Å². The summed E-state index contributed by atoms with van der Waals surface area (Å²) in [6.45, 7) is -0.320. The zero-order chi connectivity index (χ0) is 25.9. The van der Waals surface area contributed by atoms with Gasteiger partial charge in [0, 0.05) is 13.1 Å². The molecule has 2 aromatic carbocycles. The Balaban J connectivity index is 1.98. The molecule has 0 aliphatic rings. The van der Waals surface area contributed by atoms with Crippen molar-refractivity contribution in [2.75, 3.05) is 13.1 Å². The largest absolute Gasteiger partial charge is 0.417 e. The predicted octanol–water partition coefficient (Wildman–Crippen LogP) is 5.85. The third-order valence-electron chi connectivity index (χ3n) is 4.36. The zero-order valence-electron chi connectivity index (χ0n) is 16.8. The van der Waals surface area contributed by atoms with E-state index in [2.05, 4.69) is 5.32 Å². The van der Waals surface area contributed by atoms with Gasteiger partial charge in [0.15, 0.2) is 0 Å². The van der Waals surface area contributed by atoms with Crippen molar-refractivity contribution in [3.05, 3.63) is 63.7 Å². The van der Waals surface area contributed by atoms with Gasteiger partial charge in [-0.25, -0.2) is 13.1 Å². The Morgan fingerprint density at radius 2 is 1.32 bits per heavy atom. The lowest BCUT2D eigenvalue weighted by atomic mass is 10.1. The topological polar surface area (TPSA) is 58.2 Å². The van der Waals surface area contributed by atoms with Crippen molar-refractivity contribution in [2.45, 2.75) is 36.4 Å². The van der Waals surface area contributed by atoms with Crippen molar-refractivity contribution in [3.8, 4) is 0 Å². The normalized spacial score (nSPS) is 13.4. The molecule has 0 spiro atoms. The predicted molar refractivity (Wildman–Crippen MR) is 104 cm³/mol. The van der Waals surface area contributed by atoms with Gasteiger partial charge < -0.3 is 5.32 Å². The Kier molecular flexibility index (Phi) is 8.55. The molecule has 4 nitrogen and oxygen atoms in total. The van der Waals surface area contributed by atoms with Crippen molar-refractivity contribution < 1.29 is 47.9 Å². The highest BCUT2D eigenvalue weighted by molar-refractivity contribution is 7.89. The number of rotatable bonds is 8. The first kappa shape index (κ1) is 28.2. The van der Waals surface area contributed by atoms with Gasteiger partial charge in [-0.05, 0) is 48.9 Å². The minimum Gasteiger partial charge on any atom is -0.313 e. The lowest BCUT2D eigenvalue weighted by Crippen LogP contribution is -2.28. The van der Waals surface area contributed by atoms with Crippen LogP contribution in [0.25, 0.3) is 0 Å². The van der Waals surface area contributed by atoms with E-state index in [4.69, 9.17) is 11.6 Å². The van der Waals surface area contributed by atoms with Crippen LogP contribution in [0, 0.1) is 0 Å². The molecule has 190 valence electrons. The van der Waals surface area contributed by atoms with Gasteiger partial charge in [0.05, 0.1) is 26.6 Å². The number of alkyl halides is 9. The summed E-state index contributed by atoms with van der Waals surface area (Å²) in [5.74, 6) is 0. The van der Waals surface area contributed by atoms with E-state index in [0.717, 1.165) is 12.1 Å². The molecule has 2 N–H and O–H groups in total. The molecule has 0 aliphatic heterocycles. The van der Waals surface area contributed by atoms with Crippen LogP contribution in [-0.4, -0.2) is 21.5 Å². The molecule has 2 aromatic rings. The van der Waals surface area contributed by atoms with Crippen molar-refractivity contribution in [1.29, 1.82) is 0 Å². The maximum atomic E-state index is 12.9. The first-order valence-corrected chi connectivity index (χ1v) is 11.1. The Labute approximate surface area is 193 Å². The van der Waals surface area contributed by atoms with Gasteiger partial charge in [-0.15, -0.1) is 0 Å². The second-order valence-corrected chi connectivity index (χ2v) is 9.16. The summed E-state index contributed by atoms with van der Waals surface area (Å²) in [4.78, 5) is -1.21. The van der Waals surface area contributed by atoms with Crippen LogP contribution in [0.2, 0.25) is 5.02 Å². The quantitative estimate of drug-likeness (QED) is 0.325. The third kappa shape index (κ3) is 7.75. The molecule has 0 amide bonds. The highest BCUT2D eigenvalue weighted by atomic mass is 35.5. The molecule has 0 fully saturated rings. The van der Waals surface area contributed by atoms with Crippen LogP contribution in [0.1, 0.15) is 28.7 Å². The van der Waals surface area contributed by atoms with Gasteiger partial charge >= 0.3 is 18.5 Å². The fraction of sp³-hybridized carbons (Fsp3) is 0.368. The van der Waals surface area contributed by atoms with Crippen molar-refractivity contribution in [3.63, 3.8) is 0 Å². The summed E-state index contributed by atoms with van der Waals surface area (Å²) in [5.41, 5.74) is -4.34. The molecule has 15 heteroatoms. The lowest BCUT2D eigenvalue weighted by molar-refractivity contribution is -0.143. The van der Waals surface area contributed by atoms with E-state index in [1.807, 2.05) is 4.72 Å². The van der Waals surface area contributed by atoms with Gasteiger partial charge in [-0.1, -0.05) is 17.7 Å². The molecule has 0 bridgehead atoms. The molecule has 0 unspecified atom stereocenters. The van der Waals surface area contributed by atoms with Crippen LogP contribution < -0.4 is 10.0 Å². The van der Waals surface area contributed by atoms with Gasteiger partial charge in [0.1, 0.15) is 0 Å². The Hall–Kier alpha value is -2.03. The van der Waals surface area contributed by atoms with Crippen LogP contribution >= 0.6 is 11.6 Å². The van der Waals surface area contributed by atoms with Gasteiger partial charge in [0.25, 0.3) is 0 Å². The smallest absolute Gasteiger partial charge is 0.313 e. The average molecular weight is 543 g/mol. The molecule has 0 saturated heterocycles. The Morgan fingerprint density at radius 1 is 0.765 bits per heavy atom. The summed E-state index contributed by atoms with van der Waals surface area (Å²) >= 11 is 5.52. The molecule has 0 aliphatic carbocycles. The lowest BCUT2D eigenvalue weighted by Gasteiger charge is -2.15. The van der Waals surface area contributed by atoms with Crippen molar-refractivity contribution in [1.82, 2.24) is 10.0 Å². The molecular formula is C19H16ClF9N2O2S. The maximum Gasteiger partial charge on any atom is 0.417 e. The van der Waals surface area contributed by atoms with Crippen molar-refractivity contribution >= 4 is 21.6 Å². The number of sulfonamides is 1. The second-order valence-electron chi connectivity index (χ2n) is 6.98. The maximum absolute atomic E-state index is 12.9. The molecule has 34 heavy (non-hydrogen) atoms. The molecule has 0 radical (unpaired) electrons. The fourth-order valence-corrected chi connectivity index (χ4v) is 4.09. The van der Waals surface area contributed by atoms with Gasteiger partial charge in [0.2, 0.25) is 10.0 Å². The fourth-order valence-electron chi connectivity index (χ4n) is 2.72. The van der Waals surface area contributed by atoms with E-state index in [9.17, 15) is 47.9 Å². The minimum atomic E-state index is -5.21. The number of hydrogen-bond donors (Lipinski definition) is 2. The van der Waals surface area contributed by atoms with Crippen LogP contribution in [0.15, 0.2) is 41.3 Å². The summed E-state index contributed by atoms with van der Waals surface area (Å²) < 4.78 is 142. The summed E-state index contributed by atoms with van der Waals surface area (Å²) in [5, 5.41) is 2.26. The van der Waals surface area contributed by atoms with Gasteiger partial charge in [-0.3, -0.25) is 0 Å². The van der Waals surface area contributed by atoms with E-state index >= 15 is 0 Å². The van der Waals surface area contributed by atoms with E-state index in [-0.39, 0.29) is 49.8 Å². The third-order valence-corrected chi connectivity index (χ3v) is 6.13. The average Bonchev–Trinajstić information content (AvgIpc) is 2.69. The molecular weight excluding hydrogens is 527 g/mol. The molecule has 0 saturated carbocycles. The van der Waals surface area contributed by atoms with Crippen LogP contribution in [0.5, 0.6) is 0 Å². The van der Waals surface area contributed by atoms with E-state index in [1.165, 1.54) is 6.07 Å². The van der Waals surface area contributed by atoms with Crippen LogP contribution in [0.4, 0.5) is 39.5 Å². The monoisotopic (exact) mass is 542 g/mol. The zero-order valence-corrected chi connectivity index (χ0v) is 18.4. The number of hydrogen-bond acceptors (Lipinski definition) is 3. The standard InChI is InChI=1S/C19H16ClF9N2O2S/c20-16-3-2-11(6-15(16)19(27,28)29)10-30-4-1-5-31-34(32,33)14-8-12(17(21,22)23)7-13(9-14)18(24,25)26/h2-3,6-9,30-31H,1,4-5,10H2. The summed E-state index contributed by atoms with van der Waals surface area (Å²) in [7, 11) is -4.71. The Bertz CT molecular complexity index is 1080. The van der Waals surface area contributed by atoms with E-state index < -0.39 is 55.2 Å². The van der Waals surface area contributed by atoms with Crippen LogP contribution in [-0.2, 0) is 35.1 Å². The minimum absolute atomic E-state index is 0.0318. The van der Waals surface area contributed by atoms with Gasteiger partial charge in [-0.2, -0.15) is 39.5 Å².